The first-order valence-corrected chi connectivity index (χ1v) is 12.8. The predicted octanol–water partition coefficient (Wildman–Crippen LogP) is 6.55. The number of nitrogens with one attached hydrogen (secondary N) is 1. The van der Waals surface area contributed by atoms with Crippen LogP contribution < -0.4 is 10.1 Å². The van der Waals surface area contributed by atoms with Crippen LogP contribution in [0, 0.1) is 0 Å². The number of rotatable bonds is 9. The Morgan fingerprint density at radius 1 is 0.897 bits per heavy atom. The molecule has 1 aromatic heterocycles. The zero-order chi connectivity index (χ0) is 27.4. The molecule has 0 bridgehead atoms. The molecule has 1 unspecified atom stereocenters. The van der Waals surface area contributed by atoms with E-state index in [9.17, 15) is 22.8 Å². The molecule has 5 nitrogen and oxygen atoms in total. The number of hydrogen-bond donors (Lipinski definition) is 1. The van der Waals surface area contributed by atoms with Crippen LogP contribution in [0.25, 0.3) is 0 Å². The number of fused-ring (bicyclic) bond motifs is 1. The minimum absolute atomic E-state index is 0.0750. The summed E-state index contributed by atoms with van der Waals surface area (Å²) in [5, 5.41) is 2.98. The summed E-state index contributed by atoms with van der Waals surface area (Å²) >= 11 is 0. The highest BCUT2D eigenvalue weighted by Crippen LogP contribution is 2.33. The molecule has 2 atom stereocenters. The van der Waals surface area contributed by atoms with Crippen molar-refractivity contribution in [3.8, 4) is 5.75 Å². The number of alkyl halides is 3. The quantitative estimate of drug-likeness (QED) is 0.249. The fourth-order valence-corrected chi connectivity index (χ4v) is 4.94. The molecule has 4 aromatic rings. The Balaban J connectivity index is 1.23. The maximum atomic E-state index is 13.1. The zero-order valence-electron chi connectivity index (χ0n) is 21.0. The number of ether oxygens (including phenoxy) is 1. The van der Waals surface area contributed by atoms with E-state index in [-0.39, 0.29) is 17.6 Å². The third-order valence-electron chi connectivity index (χ3n) is 6.94. The molecule has 3 aromatic carbocycles. The van der Waals surface area contributed by atoms with E-state index in [0.29, 0.717) is 42.9 Å². The number of carbonyl (C=O) groups is 2. The van der Waals surface area contributed by atoms with Gasteiger partial charge in [-0.2, -0.15) is 13.2 Å². The molecule has 39 heavy (non-hydrogen) atoms. The van der Waals surface area contributed by atoms with Gasteiger partial charge in [-0.3, -0.25) is 9.59 Å². The molecule has 0 aliphatic carbocycles. The van der Waals surface area contributed by atoms with Crippen molar-refractivity contribution in [3.05, 3.63) is 125 Å². The van der Waals surface area contributed by atoms with Crippen LogP contribution in [0.4, 0.5) is 13.2 Å². The van der Waals surface area contributed by atoms with E-state index in [1.54, 1.807) is 18.2 Å². The van der Waals surface area contributed by atoms with Gasteiger partial charge in [0.1, 0.15) is 11.9 Å². The van der Waals surface area contributed by atoms with Crippen molar-refractivity contribution in [1.29, 1.82) is 0 Å². The largest absolute Gasteiger partial charge is 0.486 e. The van der Waals surface area contributed by atoms with Crippen LogP contribution in [0.5, 0.6) is 5.75 Å². The Hall–Kier alpha value is -4.33. The van der Waals surface area contributed by atoms with E-state index in [0.717, 1.165) is 23.4 Å². The van der Waals surface area contributed by atoms with Gasteiger partial charge in [0.2, 0.25) is 11.7 Å². The average Bonchev–Trinajstić information content (AvgIpc) is 3.55. The summed E-state index contributed by atoms with van der Waals surface area (Å²) in [6.07, 6.45) is -3.87. The Morgan fingerprint density at radius 2 is 1.56 bits per heavy atom. The van der Waals surface area contributed by atoms with Gasteiger partial charge < -0.3 is 14.6 Å². The summed E-state index contributed by atoms with van der Waals surface area (Å²) in [6.45, 7) is 0.893. The van der Waals surface area contributed by atoms with Crippen molar-refractivity contribution in [2.24, 2.45) is 0 Å². The van der Waals surface area contributed by atoms with Crippen molar-refractivity contribution in [2.75, 3.05) is 6.54 Å². The lowest BCUT2D eigenvalue weighted by molar-refractivity contribution is -0.137. The number of nitrogens with zero attached hydrogens (tertiary/aromatic N) is 1. The van der Waals surface area contributed by atoms with E-state index in [2.05, 4.69) is 5.32 Å². The van der Waals surface area contributed by atoms with E-state index in [1.807, 2.05) is 59.2 Å². The van der Waals surface area contributed by atoms with Crippen LogP contribution in [-0.2, 0) is 17.5 Å². The summed E-state index contributed by atoms with van der Waals surface area (Å²) < 4.78 is 46.7. The molecule has 5 rings (SSSR count). The van der Waals surface area contributed by atoms with Crippen LogP contribution in [0.2, 0.25) is 0 Å². The zero-order valence-corrected chi connectivity index (χ0v) is 21.0. The van der Waals surface area contributed by atoms with Crippen molar-refractivity contribution in [1.82, 2.24) is 9.88 Å². The van der Waals surface area contributed by atoms with Gasteiger partial charge in [-0.25, -0.2) is 0 Å². The number of halogens is 3. The Bertz CT molecular complexity index is 1430. The van der Waals surface area contributed by atoms with Crippen LogP contribution >= 0.6 is 0 Å². The van der Waals surface area contributed by atoms with Gasteiger partial charge in [0.25, 0.3) is 0 Å². The third kappa shape index (κ3) is 5.90. The van der Waals surface area contributed by atoms with E-state index in [1.165, 1.54) is 12.1 Å². The molecule has 0 fully saturated rings. The average molecular weight is 533 g/mol. The van der Waals surface area contributed by atoms with Gasteiger partial charge in [0, 0.05) is 30.8 Å². The van der Waals surface area contributed by atoms with Crippen LogP contribution in [-0.4, -0.2) is 22.8 Å². The molecular weight excluding hydrogens is 505 g/mol. The molecule has 1 amide bonds. The van der Waals surface area contributed by atoms with Crippen LogP contribution in [0.15, 0.2) is 97.1 Å². The first-order valence-electron chi connectivity index (χ1n) is 12.8. The number of aromatic nitrogens is 1. The maximum absolute atomic E-state index is 13.1. The van der Waals surface area contributed by atoms with Crippen molar-refractivity contribution >= 4 is 11.7 Å². The molecule has 0 radical (unpaired) electrons. The summed E-state index contributed by atoms with van der Waals surface area (Å²) in [4.78, 5) is 26.1. The number of amides is 1. The molecular formula is C31H27F3N2O3. The van der Waals surface area contributed by atoms with E-state index < -0.39 is 17.8 Å². The molecule has 1 aliphatic rings. The summed E-state index contributed by atoms with van der Waals surface area (Å²) in [5.74, 6) is -0.262. The molecule has 0 saturated carbocycles. The summed E-state index contributed by atoms with van der Waals surface area (Å²) in [7, 11) is 0. The standard InChI is InChI=1S/C31H27F3N2O3/c32-31(33,34)23-11-13-24(14-12-23)39-28(21-7-3-1-4-8-21)17-19-35-30(38)25-18-20-36-26(25)15-16-27(36)29(37)22-9-5-2-6-10-22/h1-16,25,28H,17-20H2,(H,35,38)/t25?,28-/m1/s1. The second kappa shape index (κ2) is 11.2. The highest BCUT2D eigenvalue weighted by atomic mass is 19.4. The number of hydrogen-bond acceptors (Lipinski definition) is 3. The van der Waals surface area contributed by atoms with Crippen molar-refractivity contribution < 1.29 is 27.5 Å². The van der Waals surface area contributed by atoms with Crippen LogP contribution in [0.3, 0.4) is 0 Å². The van der Waals surface area contributed by atoms with Gasteiger partial charge in [0.15, 0.2) is 0 Å². The molecule has 1 aliphatic heterocycles. The molecule has 2 heterocycles. The topological polar surface area (TPSA) is 60.3 Å². The van der Waals surface area contributed by atoms with Gasteiger partial charge in [-0.15, -0.1) is 0 Å². The molecule has 8 heteroatoms. The van der Waals surface area contributed by atoms with Crippen molar-refractivity contribution in [2.45, 2.75) is 37.6 Å². The van der Waals surface area contributed by atoms with Gasteiger partial charge in [-0.1, -0.05) is 60.7 Å². The highest BCUT2D eigenvalue weighted by molar-refractivity contribution is 6.08. The van der Waals surface area contributed by atoms with Gasteiger partial charge >= 0.3 is 6.18 Å². The van der Waals surface area contributed by atoms with Gasteiger partial charge in [0.05, 0.1) is 17.2 Å². The Morgan fingerprint density at radius 3 is 2.23 bits per heavy atom. The maximum Gasteiger partial charge on any atom is 0.416 e. The monoisotopic (exact) mass is 532 g/mol. The fourth-order valence-electron chi connectivity index (χ4n) is 4.94. The normalized spacial score (nSPS) is 15.4. The predicted molar refractivity (Wildman–Crippen MR) is 141 cm³/mol. The Labute approximate surface area is 224 Å². The Kier molecular flexibility index (Phi) is 7.54. The minimum Gasteiger partial charge on any atom is -0.486 e. The lowest BCUT2D eigenvalue weighted by Gasteiger charge is -2.21. The summed E-state index contributed by atoms with van der Waals surface area (Å²) in [6, 6.07) is 26.6. The SMILES string of the molecule is O=C(c1ccccc1)c1ccc2n1CCC2C(=O)NCC[C@@H](Oc1ccc(C(F)(F)F)cc1)c1ccccc1. The van der Waals surface area contributed by atoms with E-state index in [4.69, 9.17) is 4.74 Å². The first kappa shape index (κ1) is 26.3. The third-order valence-corrected chi connectivity index (χ3v) is 6.94. The highest BCUT2D eigenvalue weighted by Gasteiger charge is 2.32. The molecule has 200 valence electrons. The smallest absolute Gasteiger partial charge is 0.416 e. The molecule has 1 N–H and O–H groups in total. The lowest BCUT2D eigenvalue weighted by atomic mass is 10.0. The number of ketones is 1. The number of benzene rings is 3. The molecule has 0 spiro atoms. The fraction of sp³-hybridized carbons (Fsp3) is 0.226. The van der Waals surface area contributed by atoms with Gasteiger partial charge in [-0.05, 0) is 48.4 Å². The number of carbonyl (C=O) groups excluding carboxylic acids is 2. The van der Waals surface area contributed by atoms with Crippen LogP contribution in [0.1, 0.15) is 57.7 Å². The summed E-state index contributed by atoms with van der Waals surface area (Å²) in [5.41, 5.74) is 2.10. The minimum atomic E-state index is -4.42. The molecule has 0 saturated heterocycles. The second-order valence-corrected chi connectivity index (χ2v) is 9.45. The first-order chi connectivity index (χ1) is 18.8. The second-order valence-electron chi connectivity index (χ2n) is 9.45. The lowest BCUT2D eigenvalue weighted by Crippen LogP contribution is -2.30. The van der Waals surface area contributed by atoms with Crippen molar-refractivity contribution in [3.63, 3.8) is 0 Å². The van der Waals surface area contributed by atoms with E-state index >= 15 is 0 Å².